The maximum absolute atomic E-state index is 11.9. The summed E-state index contributed by atoms with van der Waals surface area (Å²) in [4.78, 5) is 0. The van der Waals surface area contributed by atoms with Gasteiger partial charge in [0.1, 0.15) is 6.17 Å². The third kappa shape index (κ3) is 2.68. The first-order valence-corrected chi connectivity index (χ1v) is 3.47. The van der Waals surface area contributed by atoms with E-state index in [1.165, 1.54) is 18.3 Å². The Morgan fingerprint density at radius 2 is 1.92 bits per heavy atom. The fourth-order valence-electron chi connectivity index (χ4n) is 0.905. The van der Waals surface area contributed by atoms with Crippen LogP contribution in [0.2, 0.25) is 0 Å². The van der Waals surface area contributed by atoms with Gasteiger partial charge in [0.05, 0.1) is 0 Å². The molecule has 66 valence electrons. The van der Waals surface area contributed by atoms with Crippen molar-refractivity contribution >= 4 is 6.08 Å². The molecule has 0 radical (unpaired) electrons. The summed E-state index contributed by atoms with van der Waals surface area (Å²) in [7, 11) is 0. The molecule has 0 atom stereocenters. The molecule has 0 aliphatic rings. The molecule has 1 aromatic carbocycles. The topological polar surface area (TPSA) is 0 Å². The fraction of sp³-hybridized carbons (Fsp3) is 0. The van der Waals surface area contributed by atoms with Crippen LogP contribution in [0.15, 0.2) is 30.3 Å². The highest BCUT2D eigenvalue weighted by atomic mass is 19.3. The van der Waals surface area contributed by atoms with Gasteiger partial charge in [-0.2, -0.15) is 8.78 Å². The number of benzene rings is 1. The number of halogens is 3. The molecular formula is C10H5F3. The SMILES string of the molecule is FC#Cc1ccccc1C=C(F)F. The van der Waals surface area contributed by atoms with Crippen LogP contribution >= 0.6 is 0 Å². The van der Waals surface area contributed by atoms with Crippen molar-refractivity contribution in [1.82, 2.24) is 0 Å². The van der Waals surface area contributed by atoms with E-state index in [1.54, 1.807) is 12.1 Å². The molecular weight excluding hydrogens is 177 g/mol. The molecule has 0 unspecified atom stereocenters. The van der Waals surface area contributed by atoms with E-state index < -0.39 is 6.08 Å². The number of rotatable bonds is 1. The molecule has 0 aromatic heterocycles. The summed E-state index contributed by atoms with van der Waals surface area (Å²) in [6, 6.07) is 6.10. The molecule has 0 heterocycles. The fourth-order valence-corrected chi connectivity index (χ4v) is 0.905. The molecule has 1 rings (SSSR count). The third-order valence-corrected chi connectivity index (χ3v) is 1.41. The van der Waals surface area contributed by atoms with E-state index in [9.17, 15) is 13.2 Å². The Kier molecular flexibility index (Phi) is 3.15. The first-order valence-electron chi connectivity index (χ1n) is 3.47. The zero-order valence-corrected chi connectivity index (χ0v) is 6.52. The molecule has 0 spiro atoms. The van der Waals surface area contributed by atoms with Crippen molar-refractivity contribution in [2.75, 3.05) is 0 Å². The van der Waals surface area contributed by atoms with Crippen LogP contribution in [-0.4, -0.2) is 0 Å². The normalized spacial score (nSPS) is 8.54. The van der Waals surface area contributed by atoms with Gasteiger partial charge < -0.3 is 0 Å². The van der Waals surface area contributed by atoms with E-state index in [0.717, 1.165) is 0 Å². The zero-order chi connectivity index (χ0) is 9.68. The van der Waals surface area contributed by atoms with Crippen LogP contribution in [-0.2, 0) is 0 Å². The molecule has 0 fully saturated rings. The van der Waals surface area contributed by atoms with Gasteiger partial charge in [-0.25, -0.2) is 0 Å². The van der Waals surface area contributed by atoms with Gasteiger partial charge >= 0.3 is 0 Å². The van der Waals surface area contributed by atoms with Crippen LogP contribution in [0.4, 0.5) is 13.2 Å². The summed E-state index contributed by atoms with van der Waals surface area (Å²) < 4.78 is 35.3. The molecule has 0 saturated heterocycles. The first-order chi connectivity index (χ1) is 6.24. The monoisotopic (exact) mass is 182 g/mol. The minimum absolute atomic E-state index is 0.215. The smallest absolute Gasteiger partial charge is 0.173 e. The standard InChI is InChI=1S/C10H5F3/c11-6-5-8-3-1-2-4-9(8)7-10(12)13/h1-4,7H. The van der Waals surface area contributed by atoms with Crippen LogP contribution in [0, 0.1) is 12.1 Å². The Bertz CT molecular complexity index is 379. The summed E-state index contributed by atoms with van der Waals surface area (Å²) in [5, 5.41) is 0. The van der Waals surface area contributed by atoms with Crippen molar-refractivity contribution in [3.05, 3.63) is 41.5 Å². The molecule has 1 aromatic rings. The van der Waals surface area contributed by atoms with Gasteiger partial charge in [0.15, 0.2) is 0 Å². The van der Waals surface area contributed by atoms with E-state index in [1.807, 2.05) is 0 Å². The second-order valence-electron chi connectivity index (χ2n) is 2.24. The van der Waals surface area contributed by atoms with Crippen LogP contribution in [0.25, 0.3) is 6.08 Å². The molecule has 0 nitrogen and oxygen atoms in total. The highest BCUT2D eigenvalue weighted by Gasteiger charge is 1.97. The summed E-state index contributed by atoms with van der Waals surface area (Å²) in [6.45, 7) is 0. The number of hydrogen-bond donors (Lipinski definition) is 0. The molecule has 0 bridgehead atoms. The Hall–Kier alpha value is -1.69. The third-order valence-electron chi connectivity index (χ3n) is 1.41. The number of hydrogen-bond acceptors (Lipinski definition) is 0. The van der Waals surface area contributed by atoms with Crippen LogP contribution in [0.5, 0.6) is 0 Å². The molecule has 0 amide bonds. The Morgan fingerprint density at radius 1 is 1.23 bits per heavy atom. The van der Waals surface area contributed by atoms with Crippen LogP contribution in [0.3, 0.4) is 0 Å². The van der Waals surface area contributed by atoms with Gasteiger partial charge in [-0.05, 0) is 17.6 Å². The second kappa shape index (κ2) is 4.36. The Balaban J connectivity index is 3.17. The molecule has 13 heavy (non-hydrogen) atoms. The molecule has 0 saturated carbocycles. The average Bonchev–Trinajstić information content (AvgIpc) is 2.08. The Morgan fingerprint density at radius 3 is 2.54 bits per heavy atom. The van der Waals surface area contributed by atoms with Crippen molar-refractivity contribution in [3.63, 3.8) is 0 Å². The van der Waals surface area contributed by atoms with Crippen LogP contribution < -0.4 is 0 Å². The van der Waals surface area contributed by atoms with Crippen molar-refractivity contribution in [2.24, 2.45) is 0 Å². The highest BCUT2D eigenvalue weighted by molar-refractivity contribution is 5.59. The van der Waals surface area contributed by atoms with Crippen molar-refractivity contribution < 1.29 is 13.2 Å². The maximum atomic E-state index is 11.9. The van der Waals surface area contributed by atoms with Gasteiger partial charge in [0.2, 0.25) is 0 Å². The van der Waals surface area contributed by atoms with E-state index in [0.29, 0.717) is 6.08 Å². The Labute approximate surface area is 73.7 Å². The van der Waals surface area contributed by atoms with Gasteiger partial charge in [-0.15, -0.1) is 4.39 Å². The van der Waals surface area contributed by atoms with Crippen molar-refractivity contribution in [1.29, 1.82) is 0 Å². The molecule has 0 aliphatic heterocycles. The largest absolute Gasteiger partial charge is 0.270 e. The zero-order valence-electron chi connectivity index (χ0n) is 6.52. The molecule has 0 N–H and O–H groups in total. The van der Waals surface area contributed by atoms with Crippen LogP contribution in [0.1, 0.15) is 11.1 Å². The van der Waals surface area contributed by atoms with E-state index >= 15 is 0 Å². The summed E-state index contributed by atoms with van der Waals surface area (Å²) >= 11 is 0. The lowest BCUT2D eigenvalue weighted by Gasteiger charge is -1.95. The predicted molar refractivity (Wildman–Crippen MR) is 44.6 cm³/mol. The quantitative estimate of drug-likeness (QED) is 0.585. The lowest BCUT2D eigenvalue weighted by atomic mass is 10.1. The van der Waals surface area contributed by atoms with Gasteiger partial charge in [0, 0.05) is 11.6 Å². The molecule has 0 aliphatic carbocycles. The van der Waals surface area contributed by atoms with Gasteiger partial charge in [-0.1, -0.05) is 18.2 Å². The highest BCUT2D eigenvalue weighted by Crippen LogP contribution is 2.13. The first kappa shape index (κ1) is 9.40. The predicted octanol–water partition coefficient (Wildman–Crippen LogP) is 3.20. The van der Waals surface area contributed by atoms with Crippen molar-refractivity contribution in [3.8, 4) is 12.1 Å². The molecule has 3 heteroatoms. The summed E-state index contributed by atoms with van der Waals surface area (Å²) in [5.74, 6) is 2.09. The van der Waals surface area contributed by atoms with E-state index in [2.05, 4.69) is 5.92 Å². The maximum Gasteiger partial charge on any atom is 0.270 e. The lowest BCUT2D eigenvalue weighted by molar-refractivity contribution is 0.429. The van der Waals surface area contributed by atoms with Crippen molar-refractivity contribution in [2.45, 2.75) is 0 Å². The van der Waals surface area contributed by atoms with Gasteiger partial charge in [0.25, 0.3) is 6.08 Å². The van der Waals surface area contributed by atoms with E-state index in [4.69, 9.17) is 0 Å². The summed E-state index contributed by atoms with van der Waals surface area (Å²) in [6.07, 6.45) is 0.000101. The lowest BCUT2D eigenvalue weighted by Crippen LogP contribution is -1.80. The minimum Gasteiger partial charge on any atom is -0.173 e. The second-order valence-corrected chi connectivity index (χ2v) is 2.24. The minimum atomic E-state index is -1.83. The van der Waals surface area contributed by atoms with Gasteiger partial charge in [-0.3, -0.25) is 0 Å². The summed E-state index contributed by atoms with van der Waals surface area (Å²) in [5.41, 5.74) is 0.463. The van der Waals surface area contributed by atoms with E-state index in [-0.39, 0.29) is 11.1 Å². The average molecular weight is 182 g/mol.